The second-order valence-corrected chi connectivity index (χ2v) is 6.87. The molecular weight excluding hydrogens is 222 g/mol. The number of hydrogen-bond donors (Lipinski definition) is 2. The molecule has 2 heteroatoms. The zero-order valence-electron chi connectivity index (χ0n) is 12.4. The number of aliphatic hydroxyl groups is 1. The maximum Gasteiger partial charge on any atom is 0.0494 e. The van der Waals surface area contributed by atoms with Crippen molar-refractivity contribution in [1.82, 2.24) is 5.32 Å². The molecular formula is C16H27NO. The van der Waals surface area contributed by atoms with Crippen molar-refractivity contribution in [3.05, 3.63) is 35.4 Å². The van der Waals surface area contributed by atoms with Gasteiger partial charge in [-0.25, -0.2) is 0 Å². The highest BCUT2D eigenvalue weighted by molar-refractivity contribution is 5.27. The lowest BCUT2D eigenvalue weighted by atomic mass is 9.87. The average molecular weight is 249 g/mol. The van der Waals surface area contributed by atoms with Crippen molar-refractivity contribution in [3.8, 4) is 0 Å². The Hall–Kier alpha value is -0.860. The van der Waals surface area contributed by atoms with Crippen molar-refractivity contribution in [2.75, 3.05) is 13.2 Å². The molecule has 102 valence electrons. The minimum atomic E-state index is -0.0502. The molecule has 0 aromatic heterocycles. The summed E-state index contributed by atoms with van der Waals surface area (Å²) < 4.78 is 0. The fourth-order valence-corrected chi connectivity index (χ4v) is 1.72. The van der Waals surface area contributed by atoms with Crippen molar-refractivity contribution >= 4 is 0 Å². The zero-order chi connectivity index (χ0) is 13.8. The Bertz CT molecular complexity index is 360. The average Bonchev–Trinajstić information content (AvgIpc) is 2.28. The summed E-state index contributed by atoms with van der Waals surface area (Å²) >= 11 is 0. The van der Waals surface area contributed by atoms with Crippen LogP contribution < -0.4 is 5.32 Å². The minimum absolute atomic E-state index is 0.0502. The van der Waals surface area contributed by atoms with Crippen LogP contribution in [-0.2, 0) is 12.0 Å². The van der Waals surface area contributed by atoms with E-state index in [1.54, 1.807) is 0 Å². The van der Waals surface area contributed by atoms with E-state index < -0.39 is 0 Å². The van der Waals surface area contributed by atoms with E-state index in [-0.39, 0.29) is 17.4 Å². The second kappa shape index (κ2) is 5.85. The molecule has 0 aliphatic heterocycles. The highest BCUT2D eigenvalue weighted by atomic mass is 16.3. The number of hydrogen-bond acceptors (Lipinski definition) is 2. The highest BCUT2D eigenvalue weighted by Crippen LogP contribution is 2.22. The van der Waals surface area contributed by atoms with E-state index in [1.165, 1.54) is 11.1 Å². The van der Waals surface area contributed by atoms with Crippen LogP contribution in [0.3, 0.4) is 0 Å². The largest absolute Gasteiger partial charge is 0.396 e. The molecule has 2 nitrogen and oxygen atoms in total. The van der Waals surface area contributed by atoms with Crippen LogP contribution in [0, 0.1) is 5.41 Å². The van der Waals surface area contributed by atoms with Crippen LogP contribution in [0.4, 0.5) is 0 Å². The molecule has 1 aromatic carbocycles. The molecule has 0 fully saturated rings. The van der Waals surface area contributed by atoms with E-state index in [0.717, 1.165) is 13.1 Å². The van der Waals surface area contributed by atoms with Gasteiger partial charge in [0.05, 0.1) is 0 Å². The summed E-state index contributed by atoms with van der Waals surface area (Å²) in [5, 5.41) is 12.6. The molecule has 0 saturated carbocycles. The monoisotopic (exact) mass is 249 g/mol. The van der Waals surface area contributed by atoms with E-state index in [9.17, 15) is 5.11 Å². The first-order valence-electron chi connectivity index (χ1n) is 6.66. The van der Waals surface area contributed by atoms with Gasteiger partial charge in [-0.3, -0.25) is 0 Å². The molecule has 18 heavy (non-hydrogen) atoms. The molecule has 0 aliphatic rings. The van der Waals surface area contributed by atoms with Gasteiger partial charge in [0.15, 0.2) is 0 Å². The lowest BCUT2D eigenvalue weighted by Gasteiger charge is -2.22. The van der Waals surface area contributed by atoms with Crippen molar-refractivity contribution in [1.29, 1.82) is 0 Å². The summed E-state index contributed by atoms with van der Waals surface area (Å²) in [7, 11) is 0. The van der Waals surface area contributed by atoms with Crippen LogP contribution in [-0.4, -0.2) is 18.3 Å². The first-order chi connectivity index (χ1) is 8.24. The topological polar surface area (TPSA) is 32.3 Å². The Morgan fingerprint density at radius 2 is 1.56 bits per heavy atom. The Labute approximate surface area is 111 Å². The van der Waals surface area contributed by atoms with Crippen molar-refractivity contribution in [2.24, 2.45) is 5.41 Å². The molecule has 0 heterocycles. The van der Waals surface area contributed by atoms with Crippen molar-refractivity contribution < 1.29 is 5.11 Å². The van der Waals surface area contributed by atoms with Gasteiger partial charge in [-0.15, -0.1) is 0 Å². The smallest absolute Gasteiger partial charge is 0.0494 e. The Morgan fingerprint density at radius 3 is 2.00 bits per heavy atom. The van der Waals surface area contributed by atoms with Gasteiger partial charge in [0.1, 0.15) is 0 Å². The first kappa shape index (κ1) is 15.2. The molecule has 0 bridgehead atoms. The maximum absolute atomic E-state index is 9.18. The van der Waals surface area contributed by atoms with Crippen molar-refractivity contribution in [3.63, 3.8) is 0 Å². The molecule has 0 saturated heterocycles. The van der Waals surface area contributed by atoms with E-state index in [0.29, 0.717) is 0 Å². The quantitative estimate of drug-likeness (QED) is 0.840. The van der Waals surface area contributed by atoms with Gasteiger partial charge >= 0.3 is 0 Å². The molecule has 1 rings (SSSR count). The van der Waals surface area contributed by atoms with E-state index >= 15 is 0 Å². The SMILES string of the molecule is CC(C)(CO)CNCc1ccc(C(C)(C)C)cc1. The number of nitrogens with one attached hydrogen (secondary N) is 1. The number of aliphatic hydroxyl groups excluding tert-OH is 1. The summed E-state index contributed by atoms with van der Waals surface area (Å²) in [5.74, 6) is 0. The maximum atomic E-state index is 9.18. The predicted molar refractivity (Wildman–Crippen MR) is 77.7 cm³/mol. The highest BCUT2D eigenvalue weighted by Gasteiger charge is 2.15. The molecule has 0 radical (unpaired) electrons. The molecule has 0 aliphatic carbocycles. The number of benzene rings is 1. The minimum Gasteiger partial charge on any atom is -0.396 e. The van der Waals surface area contributed by atoms with Crippen LogP contribution in [0.1, 0.15) is 45.7 Å². The molecule has 0 spiro atoms. The third-order valence-corrected chi connectivity index (χ3v) is 3.18. The van der Waals surface area contributed by atoms with Crippen LogP contribution in [0.5, 0.6) is 0 Å². The van der Waals surface area contributed by atoms with E-state index in [1.807, 2.05) is 0 Å². The molecule has 0 atom stereocenters. The first-order valence-corrected chi connectivity index (χ1v) is 6.66. The fourth-order valence-electron chi connectivity index (χ4n) is 1.72. The number of rotatable bonds is 5. The lowest BCUT2D eigenvalue weighted by molar-refractivity contribution is 0.156. The van der Waals surface area contributed by atoms with Gasteiger partial charge in [-0.05, 0) is 16.5 Å². The lowest BCUT2D eigenvalue weighted by Crippen LogP contribution is -2.31. The van der Waals surface area contributed by atoms with Gasteiger partial charge in [-0.1, -0.05) is 58.9 Å². The summed E-state index contributed by atoms with van der Waals surface area (Å²) in [6.45, 7) is 12.7. The van der Waals surface area contributed by atoms with Gasteiger partial charge < -0.3 is 10.4 Å². The normalized spacial score (nSPS) is 12.8. The van der Waals surface area contributed by atoms with Crippen LogP contribution in [0.2, 0.25) is 0 Å². The Morgan fingerprint density at radius 1 is 1.00 bits per heavy atom. The molecule has 1 aromatic rings. The molecule has 2 N–H and O–H groups in total. The van der Waals surface area contributed by atoms with Gasteiger partial charge in [0.25, 0.3) is 0 Å². The van der Waals surface area contributed by atoms with Crippen molar-refractivity contribution in [2.45, 2.75) is 46.6 Å². The van der Waals surface area contributed by atoms with Crippen LogP contribution in [0.15, 0.2) is 24.3 Å². The third kappa shape index (κ3) is 4.79. The van der Waals surface area contributed by atoms with Gasteiger partial charge in [0.2, 0.25) is 0 Å². The third-order valence-electron chi connectivity index (χ3n) is 3.18. The van der Waals surface area contributed by atoms with E-state index in [2.05, 4.69) is 64.2 Å². The van der Waals surface area contributed by atoms with Gasteiger partial charge in [0, 0.05) is 25.1 Å². The van der Waals surface area contributed by atoms with Gasteiger partial charge in [-0.2, -0.15) is 0 Å². The predicted octanol–water partition coefficient (Wildman–Crippen LogP) is 3.09. The van der Waals surface area contributed by atoms with Crippen LogP contribution in [0.25, 0.3) is 0 Å². The Kier molecular flexibility index (Phi) is 4.94. The Balaban J connectivity index is 2.50. The zero-order valence-corrected chi connectivity index (χ0v) is 12.4. The summed E-state index contributed by atoms with van der Waals surface area (Å²) in [4.78, 5) is 0. The molecule has 0 amide bonds. The van der Waals surface area contributed by atoms with E-state index in [4.69, 9.17) is 0 Å². The van der Waals surface area contributed by atoms with Crippen LogP contribution >= 0.6 is 0 Å². The summed E-state index contributed by atoms with van der Waals surface area (Å²) in [5.41, 5.74) is 2.81. The molecule has 0 unspecified atom stereocenters. The second-order valence-electron chi connectivity index (χ2n) is 6.87. The summed E-state index contributed by atoms with van der Waals surface area (Å²) in [6.07, 6.45) is 0. The standard InChI is InChI=1S/C16H27NO/c1-15(2,3)14-8-6-13(7-9-14)10-17-11-16(4,5)12-18/h6-9,17-18H,10-12H2,1-5H3. The fraction of sp³-hybridized carbons (Fsp3) is 0.625. The summed E-state index contributed by atoms with van der Waals surface area (Å²) in [6, 6.07) is 8.77.